The Bertz CT molecular complexity index is 1200. The molecule has 36 heavy (non-hydrogen) atoms. The van der Waals surface area contributed by atoms with Gasteiger partial charge in [0.2, 0.25) is 0 Å². The highest BCUT2D eigenvalue weighted by molar-refractivity contribution is 6.46. The van der Waals surface area contributed by atoms with Crippen LogP contribution in [-0.2, 0) is 14.4 Å². The average molecular weight is 498 g/mol. The Labute approximate surface area is 206 Å². The minimum atomic E-state index is -1.000. The van der Waals surface area contributed by atoms with E-state index in [1.807, 2.05) is 0 Å². The molecule has 3 rings (SSSR count). The van der Waals surface area contributed by atoms with Crippen molar-refractivity contribution >= 4 is 29.1 Å². The number of nitro benzene ring substituents is 1. The number of carboxylic acid groups (broad SMARTS) is 1. The molecule has 11 heteroatoms. The van der Waals surface area contributed by atoms with Gasteiger partial charge in [0.15, 0.2) is 0 Å². The number of rotatable bonds is 11. The first-order chi connectivity index (χ1) is 17.2. The number of carbonyl (C=O) groups excluding carboxylic acids is 2. The summed E-state index contributed by atoms with van der Waals surface area (Å²) in [4.78, 5) is 48.7. The second-order valence-electron chi connectivity index (χ2n) is 8.11. The fourth-order valence-corrected chi connectivity index (χ4v) is 4.11. The number of non-ortho nitro benzene ring substituents is 1. The normalized spacial score (nSPS) is 16.7. The van der Waals surface area contributed by atoms with Crippen molar-refractivity contribution < 1.29 is 39.0 Å². The second-order valence-corrected chi connectivity index (χ2v) is 8.11. The van der Waals surface area contributed by atoms with Gasteiger partial charge in [-0.2, -0.15) is 0 Å². The van der Waals surface area contributed by atoms with Crippen LogP contribution in [0, 0.1) is 10.1 Å². The average Bonchev–Trinajstić information content (AvgIpc) is 3.12. The summed E-state index contributed by atoms with van der Waals surface area (Å²) in [5, 5.41) is 30.9. The highest BCUT2D eigenvalue weighted by Gasteiger charge is 2.46. The largest absolute Gasteiger partial charge is 0.507 e. The van der Waals surface area contributed by atoms with Crippen molar-refractivity contribution in [3.05, 3.63) is 69.3 Å². The number of amides is 1. The number of nitro groups is 1. The Morgan fingerprint density at radius 3 is 2.31 bits per heavy atom. The number of carbonyl (C=O) groups is 3. The minimum absolute atomic E-state index is 0.00526. The molecule has 2 aromatic rings. The van der Waals surface area contributed by atoms with Gasteiger partial charge in [-0.25, -0.2) is 0 Å². The molecule has 1 aliphatic heterocycles. The molecule has 1 amide bonds. The van der Waals surface area contributed by atoms with Crippen molar-refractivity contribution in [2.45, 2.75) is 31.7 Å². The Balaban J connectivity index is 2.07. The van der Waals surface area contributed by atoms with E-state index in [9.17, 15) is 29.6 Å². The fraction of sp³-hybridized carbons (Fsp3) is 0.320. The number of ketones is 1. The molecule has 1 aliphatic rings. The summed E-state index contributed by atoms with van der Waals surface area (Å²) in [6.07, 6.45) is 1.37. The summed E-state index contributed by atoms with van der Waals surface area (Å²) in [7, 11) is 2.90. The number of aliphatic carboxylic acids is 1. The van der Waals surface area contributed by atoms with Crippen LogP contribution in [0.5, 0.6) is 11.5 Å². The zero-order valence-corrected chi connectivity index (χ0v) is 19.8. The number of benzene rings is 2. The maximum atomic E-state index is 13.1. The number of carboxylic acids is 1. The lowest BCUT2D eigenvalue weighted by molar-refractivity contribution is -0.384. The van der Waals surface area contributed by atoms with Gasteiger partial charge in [0.05, 0.1) is 30.8 Å². The number of hydrogen-bond donors (Lipinski definition) is 2. The van der Waals surface area contributed by atoms with Crippen LogP contribution in [0.4, 0.5) is 5.69 Å². The number of methoxy groups -OCH3 is 2. The van der Waals surface area contributed by atoms with E-state index in [0.29, 0.717) is 36.3 Å². The monoisotopic (exact) mass is 498 g/mol. The van der Waals surface area contributed by atoms with Crippen LogP contribution in [0.2, 0.25) is 0 Å². The van der Waals surface area contributed by atoms with E-state index in [4.69, 9.17) is 14.6 Å². The van der Waals surface area contributed by atoms with Crippen molar-refractivity contribution in [1.82, 2.24) is 4.90 Å². The molecule has 11 nitrogen and oxygen atoms in total. The van der Waals surface area contributed by atoms with Gasteiger partial charge >= 0.3 is 5.97 Å². The predicted octanol–water partition coefficient (Wildman–Crippen LogP) is 3.68. The van der Waals surface area contributed by atoms with Gasteiger partial charge < -0.3 is 24.6 Å². The lowest BCUT2D eigenvalue weighted by Crippen LogP contribution is -2.31. The molecule has 1 heterocycles. The molecule has 1 fully saturated rings. The second kappa shape index (κ2) is 11.3. The van der Waals surface area contributed by atoms with E-state index < -0.39 is 34.4 Å². The number of unbranched alkanes of at least 4 members (excludes halogenated alkanes) is 2. The summed E-state index contributed by atoms with van der Waals surface area (Å²) in [6, 6.07) is 8.84. The molecule has 2 aromatic carbocycles. The Morgan fingerprint density at radius 1 is 1.03 bits per heavy atom. The first kappa shape index (κ1) is 26.2. The summed E-state index contributed by atoms with van der Waals surface area (Å²) in [5.41, 5.74) is 0.202. The SMILES string of the molecule is COc1ccc(C2C(=C(O)c3ccc([N+](=O)[O-])cc3)C(=O)C(=O)N2CCCCCC(=O)O)c(OC)c1. The molecule has 0 bridgehead atoms. The summed E-state index contributed by atoms with van der Waals surface area (Å²) < 4.78 is 10.7. The zero-order valence-electron chi connectivity index (χ0n) is 19.8. The van der Waals surface area contributed by atoms with Gasteiger partial charge in [-0.1, -0.05) is 6.42 Å². The van der Waals surface area contributed by atoms with Crippen LogP contribution in [0.25, 0.3) is 5.76 Å². The minimum Gasteiger partial charge on any atom is -0.507 e. The van der Waals surface area contributed by atoms with Gasteiger partial charge in [0, 0.05) is 42.3 Å². The van der Waals surface area contributed by atoms with Gasteiger partial charge in [0.25, 0.3) is 17.4 Å². The Morgan fingerprint density at radius 2 is 1.72 bits per heavy atom. The number of ether oxygens (including phenoxy) is 2. The van der Waals surface area contributed by atoms with Crippen LogP contribution >= 0.6 is 0 Å². The molecule has 2 N–H and O–H groups in total. The van der Waals surface area contributed by atoms with E-state index in [1.54, 1.807) is 18.2 Å². The van der Waals surface area contributed by atoms with E-state index >= 15 is 0 Å². The lowest BCUT2D eigenvalue weighted by atomic mass is 9.94. The Hall–Kier alpha value is -4.41. The standard InChI is InChI=1S/C25H26N2O9/c1-35-17-11-12-18(19(14-17)36-2)22-21(23(30)15-7-9-16(10-8-15)27(33)34)24(31)25(32)26(22)13-5-3-4-6-20(28)29/h7-12,14,22,30H,3-6,13H2,1-2H3,(H,28,29). The molecule has 190 valence electrons. The van der Waals surface area contributed by atoms with Gasteiger partial charge in [0.1, 0.15) is 17.3 Å². The smallest absolute Gasteiger partial charge is 0.303 e. The first-order valence-electron chi connectivity index (χ1n) is 11.2. The van der Waals surface area contributed by atoms with Gasteiger partial charge in [-0.3, -0.25) is 24.5 Å². The number of aliphatic hydroxyl groups excluding tert-OH is 1. The van der Waals surface area contributed by atoms with Crippen molar-refractivity contribution in [2.75, 3.05) is 20.8 Å². The molecule has 0 aromatic heterocycles. The quantitative estimate of drug-likeness (QED) is 0.118. The molecule has 1 unspecified atom stereocenters. The van der Waals surface area contributed by atoms with Crippen LogP contribution in [0.15, 0.2) is 48.0 Å². The molecular weight excluding hydrogens is 472 g/mol. The van der Waals surface area contributed by atoms with E-state index in [2.05, 4.69) is 0 Å². The highest BCUT2D eigenvalue weighted by atomic mass is 16.6. The highest BCUT2D eigenvalue weighted by Crippen LogP contribution is 2.43. The number of Topliss-reactive ketones (excluding diaryl/α,β-unsaturated/α-hetero) is 1. The molecule has 0 spiro atoms. The number of aliphatic hydroxyl groups is 1. The van der Waals surface area contributed by atoms with Crippen molar-refractivity contribution in [3.8, 4) is 11.5 Å². The van der Waals surface area contributed by atoms with E-state index in [-0.39, 0.29) is 29.8 Å². The maximum absolute atomic E-state index is 13.1. The maximum Gasteiger partial charge on any atom is 0.303 e. The van der Waals surface area contributed by atoms with Crippen LogP contribution in [-0.4, -0.2) is 58.5 Å². The van der Waals surface area contributed by atoms with Crippen LogP contribution in [0.3, 0.4) is 0 Å². The summed E-state index contributed by atoms with van der Waals surface area (Å²) >= 11 is 0. The number of likely N-dealkylation sites (tertiary alicyclic amines) is 1. The molecule has 1 saturated heterocycles. The summed E-state index contributed by atoms with van der Waals surface area (Å²) in [6.45, 7) is 0.140. The number of nitrogens with zero attached hydrogens (tertiary/aromatic N) is 2. The van der Waals surface area contributed by atoms with Crippen molar-refractivity contribution in [3.63, 3.8) is 0 Å². The molecule has 0 aliphatic carbocycles. The molecule has 1 atom stereocenters. The Kier molecular flexibility index (Phi) is 8.26. The van der Waals surface area contributed by atoms with Gasteiger partial charge in [-0.05, 0) is 37.1 Å². The molecular formula is C25H26N2O9. The van der Waals surface area contributed by atoms with E-state index in [1.165, 1.54) is 43.4 Å². The van der Waals surface area contributed by atoms with Crippen molar-refractivity contribution in [1.29, 1.82) is 0 Å². The van der Waals surface area contributed by atoms with Crippen LogP contribution in [0.1, 0.15) is 42.9 Å². The van der Waals surface area contributed by atoms with Gasteiger partial charge in [-0.15, -0.1) is 0 Å². The molecule has 0 radical (unpaired) electrons. The van der Waals surface area contributed by atoms with Crippen molar-refractivity contribution in [2.24, 2.45) is 0 Å². The predicted molar refractivity (Wildman–Crippen MR) is 128 cm³/mol. The van der Waals surface area contributed by atoms with E-state index in [0.717, 1.165) is 0 Å². The third-order valence-corrected chi connectivity index (χ3v) is 5.92. The fourth-order valence-electron chi connectivity index (χ4n) is 4.11. The lowest BCUT2D eigenvalue weighted by Gasteiger charge is -2.27. The zero-order chi connectivity index (χ0) is 26.4. The number of hydrogen-bond acceptors (Lipinski definition) is 8. The third-order valence-electron chi connectivity index (χ3n) is 5.92. The third kappa shape index (κ3) is 5.45. The first-order valence-corrected chi connectivity index (χ1v) is 11.2. The summed E-state index contributed by atoms with van der Waals surface area (Å²) in [5.74, 6) is -2.30. The topological polar surface area (TPSA) is 157 Å². The molecule has 0 saturated carbocycles. The van der Waals surface area contributed by atoms with Crippen LogP contribution < -0.4 is 9.47 Å².